The molecule has 0 aliphatic carbocycles. The van der Waals surface area contributed by atoms with Crippen LogP contribution in [0.25, 0.3) is 6.08 Å². The third kappa shape index (κ3) is 1.65. The maximum atomic E-state index is 8.82. The average Bonchev–Trinajstić information content (AvgIpc) is 2.04. The zero-order valence-corrected chi connectivity index (χ0v) is 6.54. The molecule has 0 aliphatic heterocycles. The zero-order valence-electron chi connectivity index (χ0n) is 6.54. The van der Waals surface area contributed by atoms with Crippen LogP contribution in [0.2, 0.25) is 0 Å². The molecule has 0 aromatic carbocycles. The average molecular weight is 149 g/mol. The summed E-state index contributed by atoms with van der Waals surface area (Å²) in [6, 6.07) is 3.70. The first-order valence-corrected chi connectivity index (χ1v) is 3.47. The third-order valence-corrected chi connectivity index (χ3v) is 1.60. The molecule has 1 heterocycles. The summed E-state index contributed by atoms with van der Waals surface area (Å²) in [6.45, 7) is 5.53. The van der Waals surface area contributed by atoms with Crippen LogP contribution in [-0.4, -0.2) is 10.1 Å². The highest BCUT2D eigenvalue weighted by atomic mass is 16.3. The van der Waals surface area contributed by atoms with E-state index in [4.69, 9.17) is 5.11 Å². The van der Waals surface area contributed by atoms with Crippen LogP contribution in [0.15, 0.2) is 18.7 Å². The molecule has 2 nitrogen and oxygen atoms in total. The molecule has 0 saturated carbocycles. The number of aromatic nitrogens is 1. The molecule has 0 atom stereocenters. The molecule has 0 bridgehead atoms. The lowest BCUT2D eigenvalue weighted by Crippen LogP contribution is -1.93. The molecule has 1 aromatic heterocycles. The van der Waals surface area contributed by atoms with E-state index in [0.717, 1.165) is 17.0 Å². The standard InChI is InChI=1S/C9H11NO/c1-3-9-5-4-8(6-11)7(2)10-9/h3-5,11H,1,6H2,2H3. The highest BCUT2D eigenvalue weighted by molar-refractivity contribution is 5.42. The van der Waals surface area contributed by atoms with Crippen LogP contribution >= 0.6 is 0 Å². The predicted octanol–water partition coefficient (Wildman–Crippen LogP) is 1.53. The van der Waals surface area contributed by atoms with Crippen molar-refractivity contribution in [3.8, 4) is 0 Å². The van der Waals surface area contributed by atoms with Crippen molar-refractivity contribution in [1.29, 1.82) is 0 Å². The first kappa shape index (κ1) is 7.95. The quantitative estimate of drug-likeness (QED) is 0.691. The van der Waals surface area contributed by atoms with E-state index < -0.39 is 0 Å². The summed E-state index contributed by atoms with van der Waals surface area (Å²) >= 11 is 0. The highest BCUT2D eigenvalue weighted by Gasteiger charge is 1.96. The number of aliphatic hydroxyl groups excluding tert-OH is 1. The van der Waals surface area contributed by atoms with Crippen LogP contribution in [-0.2, 0) is 6.61 Å². The summed E-state index contributed by atoms with van der Waals surface area (Å²) in [6.07, 6.45) is 1.69. The Morgan fingerprint density at radius 2 is 2.36 bits per heavy atom. The molecule has 1 N–H and O–H groups in total. The van der Waals surface area contributed by atoms with E-state index in [-0.39, 0.29) is 6.61 Å². The third-order valence-electron chi connectivity index (χ3n) is 1.60. The van der Waals surface area contributed by atoms with E-state index in [1.54, 1.807) is 6.08 Å². The van der Waals surface area contributed by atoms with Crippen molar-refractivity contribution < 1.29 is 5.11 Å². The maximum absolute atomic E-state index is 8.82. The van der Waals surface area contributed by atoms with E-state index >= 15 is 0 Å². The molecule has 0 fully saturated rings. The largest absolute Gasteiger partial charge is 0.392 e. The Hall–Kier alpha value is -1.15. The van der Waals surface area contributed by atoms with Gasteiger partial charge in [0.05, 0.1) is 12.3 Å². The van der Waals surface area contributed by atoms with Gasteiger partial charge in [0.15, 0.2) is 0 Å². The van der Waals surface area contributed by atoms with Crippen molar-refractivity contribution in [3.63, 3.8) is 0 Å². The van der Waals surface area contributed by atoms with Gasteiger partial charge >= 0.3 is 0 Å². The van der Waals surface area contributed by atoms with Crippen LogP contribution in [0.3, 0.4) is 0 Å². The van der Waals surface area contributed by atoms with Gasteiger partial charge in [-0.25, -0.2) is 0 Å². The zero-order chi connectivity index (χ0) is 8.27. The van der Waals surface area contributed by atoms with Gasteiger partial charge in [0.1, 0.15) is 0 Å². The molecule has 58 valence electrons. The van der Waals surface area contributed by atoms with E-state index in [1.165, 1.54) is 0 Å². The summed E-state index contributed by atoms with van der Waals surface area (Å²) in [5.41, 5.74) is 2.58. The molecule has 0 radical (unpaired) electrons. The fourth-order valence-electron chi connectivity index (χ4n) is 0.890. The topological polar surface area (TPSA) is 33.1 Å². The van der Waals surface area contributed by atoms with Gasteiger partial charge in [-0.1, -0.05) is 12.6 Å². The number of pyridine rings is 1. The lowest BCUT2D eigenvalue weighted by molar-refractivity contribution is 0.280. The van der Waals surface area contributed by atoms with E-state index in [2.05, 4.69) is 11.6 Å². The van der Waals surface area contributed by atoms with Gasteiger partial charge in [-0.3, -0.25) is 4.98 Å². The molecule has 0 spiro atoms. The number of hydrogen-bond donors (Lipinski definition) is 1. The van der Waals surface area contributed by atoms with Gasteiger partial charge in [0, 0.05) is 5.69 Å². The fourth-order valence-corrected chi connectivity index (χ4v) is 0.890. The fraction of sp³-hybridized carbons (Fsp3) is 0.222. The van der Waals surface area contributed by atoms with Gasteiger partial charge in [0.25, 0.3) is 0 Å². The van der Waals surface area contributed by atoms with Gasteiger partial charge in [-0.05, 0) is 24.6 Å². The summed E-state index contributed by atoms with van der Waals surface area (Å²) in [5, 5.41) is 8.82. The Kier molecular flexibility index (Phi) is 2.39. The van der Waals surface area contributed by atoms with Crippen molar-refractivity contribution >= 4 is 6.08 Å². The lowest BCUT2D eigenvalue weighted by Gasteiger charge is -2.01. The maximum Gasteiger partial charge on any atom is 0.0699 e. The summed E-state index contributed by atoms with van der Waals surface area (Å²) in [4.78, 5) is 4.18. The van der Waals surface area contributed by atoms with Gasteiger partial charge in [0.2, 0.25) is 0 Å². The molecule has 0 aliphatic rings. The van der Waals surface area contributed by atoms with Crippen LogP contribution in [0.5, 0.6) is 0 Å². The van der Waals surface area contributed by atoms with Gasteiger partial charge < -0.3 is 5.11 Å². The van der Waals surface area contributed by atoms with Crippen molar-refractivity contribution in [2.24, 2.45) is 0 Å². The normalized spacial score (nSPS) is 9.64. The SMILES string of the molecule is C=Cc1ccc(CO)c(C)n1. The molecule has 2 heteroatoms. The molecule has 1 rings (SSSR count). The summed E-state index contributed by atoms with van der Waals surface area (Å²) in [5.74, 6) is 0. The van der Waals surface area contributed by atoms with Crippen molar-refractivity contribution in [2.75, 3.05) is 0 Å². The molecule has 0 saturated heterocycles. The Morgan fingerprint density at radius 3 is 2.82 bits per heavy atom. The van der Waals surface area contributed by atoms with Crippen LogP contribution in [0.4, 0.5) is 0 Å². The summed E-state index contributed by atoms with van der Waals surface area (Å²) in [7, 11) is 0. The smallest absolute Gasteiger partial charge is 0.0699 e. The number of aliphatic hydroxyl groups is 1. The first-order chi connectivity index (χ1) is 5.27. The minimum atomic E-state index is 0.0518. The first-order valence-electron chi connectivity index (χ1n) is 3.47. The number of nitrogens with zero attached hydrogens (tertiary/aromatic N) is 1. The minimum absolute atomic E-state index is 0.0518. The predicted molar refractivity (Wildman–Crippen MR) is 45.0 cm³/mol. The molecule has 0 amide bonds. The van der Waals surface area contributed by atoms with Crippen molar-refractivity contribution in [1.82, 2.24) is 4.98 Å². The second-order valence-electron chi connectivity index (χ2n) is 2.34. The number of rotatable bonds is 2. The van der Waals surface area contributed by atoms with Crippen LogP contribution in [0.1, 0.15) is 17.0 Å². The Bertz CT molecular complexity index is 268. The second kappa shape index (κ2) is 3.30. The Balaban J connectivity index is 3.09. The monoisotopic (exact) mass is 149 g/mol. The number of aryl methyl sites for hydroxylation is 1. The molecule has 11 heavy (non-hydrogen) atoms. The van der Waals surface area contributed by atoms with Gasteiger partial charge in [-0.15, -0.1) is 0 Å². The van der Waals surface area contributed by atoms with Crippen LogP contribution in [0, 0.1) is 6.92 Å². The molecular weight excluding hydrogens is 138 g/mol. The van der Waals surface area contributed by atoms with Crippen molar-refractivity contribution in [3.05, 3.63) is 35.7 Å². The highest BCUT2D eigenvalue weighted by Crippen LogP contribution is 2.06. The van der Waals surface area contributed by atoms with E-state index in [1.807, 2.05) is 19.1 Å². The van der Waals surface area contributed by atoms with Crippen molar-refractivity contribution in [2.45, 2.75) is 13.5 Å². The Labute approximate surface area is 66.2 Å². The lowest BCUT2D eigenvalue weighted by atomic mass is 10.2. The molecular formula is C9H11NO. The van der Waals surface area contributed by atoms with Gasteiger partial charge in [-0.2, -0.15) is 0 Å². The van der Waals surface area contributed by atoms with E-state index in [0.29, 0.717) is 0 Å². The number of hydrogen-bond acceptors (Lipinski definition) is 2. The molecule has 0 unspecified atom stereocenters. The molecule has 1 aromatic rings. The minimum Gasteiger partial charge on any atom is -0.392 e. The summed E-state index contributed by atoms with van der Waals surface area (Å²) < 4.78 is 0. The Morgan fingerprint density at radius 1 is 1.64 bits per heavy atom. The second-order valence-corrected chi connectivity index (χ2v) is 2.34. The van der Waals surface area contributed by atoms with Crippen LogP contribution < -0.4 is 0 Å². The van der Waals surface area contributed by atoms with E-state index in [9.17, 15) is 0 Å².